The molecule has 1 aromatic heterocycles. The summed E-state index contributed by atoms with van der Waals surface area (Å²) in [5.74, 6) is -1.26. The van der Waals surface area contributed by atoms with Crippen molar-refractivity contribution in [3.8, 4) is 5.75 Å². The Morgan fingerprint density at radius 1 is 1.19 bits per heavy atom. The van der Waals surface area contributed by atoms with Crippen molar-refractivity contribution in [2.24, 2.45) is 0 Å². The Labute approximate surface area is 152 Å². The van der Waals surface area contributed by atoms with E-state index in [1.54, 1.807) is 0 Å². The first-order valence-electron chi connectivity index (χ1n) is 7.65. The molecule has 0 aliphatic rings. The third kappa shape index (κ3) is 4.45. The van der Waals surface area contributed by atoms with Gasteiger partial charge < -0.3 is 9.15 Å². The number of ketones is 1. The topological polar surface area (TPSA) is 65.2 Å². The second-order valence-corrected chi connectivity index (χ2v) is 6.28. The zero-order valence-corrected chi connectivity index (χ0v) is 14.6. The molecule has 2 aromatic carbocycles. The molecule has 8 heteroatoms. The van der Waals surface area contributed by atoms with E-state index in [-0.39, 0.29) is 29.0 Å². The van der Waals surface area contributed by atoms with Crippen molar-refractivity contribution in [2.75, 3.05) is 5.75 Å². The second kappa shape index (κ2) is 8.09. The summed E-state index contributed by atoms with van der Waals surface area (Å²) in [5, 5.41) is 7.83. The predicted octanol–water partition coefficient (Wildman–Crippen LogP) is 4.21. The molecule has 0 aliphatic heterocycles. The number of aryl methyl sites for hydroxylation is 1. The fraction of sp³-hybridized carbons (Fsp3) is 0.167. The lowest BCUT2D eigenvalue weighted by atomic mass is 10.1. The number of para-hydroxylation sites is 1. The summed E-state index contributed by atoms with van der Waals surface area (Å²) in [5.41, 5.74) is 0.801. The lowest BCUT2D eigenvalue weighted by Crippen LogP contribution is -2.05. The van der Waals surface area contributed by atoms with Crippen LogP contribution >= 0.6 is 11.8 Å². The summed E-state index contributed by atoms with van der Waals surface area (Å²) in [7, 11) is 0. The molecule has 0 spiro atoms. The number of hydrogen-bond donors (Lipinski definition) is 0. The lowest BCUT2D eigenvalue weighted by molar-refractivity contribution is 0.101. The van der Waals surface area contributed by atoms with Crippen molar-refractivity contribution in [2.45, 2.75) is 18.8 Å². The standard InChI is InChI=1S/C18H14F2N2O3S/c1-11-4-2-3-5-16(11)24-9-17-21-22-18(25-17)26-10-15(23)13-7-6-12(19)8-14(13)20/h2-8H,9-10H2,1H3. The van der Waals surface area contributed by atoms with Gasteiger partial charge in [0.05, 0.1) is 11.3 Å². The molecule has 3 aromatic rings. The highest BCUT2D eigenvalue weighted by atomic mass is 32.2. The molecule has 0 amide bonds. The zero-order valence-electron chi connectivity index (χ0n) is 13.7. The van der Waals surface area contributed by atoms with Crippen LogP contribution in [0.25, 0.3) is 0 Å². The molecule has 0 radical (unpaired) electrons. The molecule has 1 heterocycles. The molecule has 0 unspecified atom stereocenters. The van der Waals surface area contributed by atoms with Crippen LogP contribution in [-0.2, 0) is 6.61 Å². The van der Waals surface area contributed by atoms with Gasteiger partial charge in [-0.1, -0.05) is 30.0 Å². The van der Waals surface area contributed by atoms with Crippen LogP contribution in [0.1, 0.15) is 21.8 Å². The van der Waals surface area contributed by atoms with E-state index in [1.807, 2.05) is 31.2 Å². The number of aromatic nitrogens is 2. The maximum atomic E-state index is 13.6. The smallest absolute Gasteiger partial charge is 0.277 e. The minimum absolute atomic E-state index is 0.0962. The SMILES string of the molecule is Cc1ccccc1OCc1nnc(SCC(=O)c2ccc(F)cc2F)o1. The fourth-order valence-corrected chi connectivity index (χ4v) is 2.80. The first-order valence-corrected chi connectivity index (χ1v) is 8.63. The van der Waals surface area contributed by atoms with Crippen molar-refractivity contribution in [3.05, 3.63) is 71.1 Å². The van der Waals surface area contributed by atoms with Gasteiger partial charge in [0.25, 0.3) is 11.1 Å². The van der Waals surface area contributed by atoms with Crippen LogP contribution in [0.15, 0.2) is 52.1 Å². The molecule has 134 valence electrons. The van der Waals surface area contributed by atoms with Crippen molar-refractivity contribution >= 4 is 17.5 Å². The average molecular weight is 376 g/mol. The number of Topliss-reactive ketones (excluding diaryl/α,β-unsaturated/α-hetero) is 1. The molecular weight excluding hydrogens is 362 g/mol. The molecule has 0 atom stereocenters. The van der Waals surface area contributed by atoms with Crippen LogP contribution in [0.5, 0.6) is 5.75 Å². The number of carbonyl (C=O) groups excluding carboxylic acids is 1. The van der Waals surface area contributed by atoms with Gasteiger partial charge in [0.2, 0.25) is 0 Å². The first-order chi connectivity index (χ1) is 12.5. The minimum atomic E-state index is -0.895. The van der Waals surface area contributed by atoms with Crippen LogP contribution in [0.4, 0.5) is 8.78 Å². The third-order valence-electron chi connectivity index (χ3n) is 3.45. The molecule has 5 nitrogen and oxygen atoms in total. The van der Waals surface area contributed by atoms with Crippen LogP contribution < -0.4 is 4.74 Å². The summed E-state index contributed by atoms with van der Waals surface area (Å²) in [4.78, 5) is 12.0. The van der Waals surface area contributed by atoms with Gasteiger partial charge in [-0.3, -0.25) is 4.79 Å². The zero-order chi connectivity index (χ0) is 18.5. The molecule has 0 bridgehead atoms. The van der Waals surface area contributed by atoms with Gasteiger partial charge in [-0.25, -0.2) is 8.78 Å². The molecule has 3 rings (SSSR count). The third-order valence-corrected chi connectivity index (χ3v) is 4.27. The Balaban J connectivity index is 1.55. The highest BCUT2D eigenvalue weighted by Gasteiger charge is 2.15. The van der Waals surface area contributed by atoms with Gasteiger partial charge in [-0.15, -0.1) is 10.2 Å². The normalized spacial score (nSPS) is 10.7. The second-order valence-electron chi connectivity index (χ2n) is 5.35. The van der Waals surface area contributed by atoms with Crippen LogP contribution in [-0.4, -0.2) is 21.7 Å². The van der Waals surface area contributed by atoms with E-state index in [0.29, 0.717) is 11.8 Å². The fourth-order valence-electron chi connectivity index (χ4n) is 2.13. The van der Waals surface area contributed by atoms with Crippen molar-refractivity contribution in [3.63, 3.8) is 0 Å². The average Bonchev–Trinajstić information content (AvgIpc) is 3.07. The minimum Gasteiger partial charge on any atom is -0.484 e. The van der Waals surface area contributed by atoms with Gasteiger partial charge >= 0.3 is 0 Å². The number of carbonyl (C=O) groups is 1. The molecular formula is C18H14F2N2O3S. The van der Waals surface area contributed by atoms with Gasteiger partial charge in [0.15, 0.2) is 12.4 Å². The van der Waals surface area contributed by atoms with E-state index >= 15 is 0 Å². The Bertz CT molecular complexity index is 930. The summed E-state index contributed by atoms with van der Waals surface area (Å²) in [6, 6.07) is 10.3. The number of ether oxygens (including phenoxy) is 1. The van der Waals surface area contributed by atoms with Gasteiger partial charge in [-0.05, 0) is 30.7 Å². The van der Waals surface area contributed by atoms with E-state index in [1.165, 1.54) is 0 Å². The molecule has 0 aliphatic carbocycles. The monoisotopic (exact) mass is 376 g/mol. The summed E-state index contributed by atoms with van der Waals surface area (Å²) >= 11 is 0.976. The van der Waals surface area contributed by atoms with E-state index < -0.39 is 17.4 Å². The first kappa shape index (κ1) is 18.1. The molecule has 0 saturated carbocycles. The van der Waals surface area contributed by atoms with Gasteiger partial charge in [0, 0.05) is 6.07 Å². The maximum Gasteiger partial charge on any atom is 0.277 e. The van der Waals surface area contributed by atoms with Crippen molar-refractivity contribution < 1.29 is 22.7 Å². The quantitative estimate of drug-likeness (QED) is 0.455. The Morgan fingerprint density at radius 3 is 2.77 bits per heavy atom. The number of thioether (sulfide) groups is 1. The largest absolute Gasteiger partial charge is 0.484 e. The summed E-state index contributed by atoms with van der Waals surface area (Å²) in [6.07, 6.45) is 0. The number of rotatable bonds is 7. The van der Waals surface area contributed by atoms with Crippen LogP contribution in [0.3, 0.4) is 0 Å². The van der Waals surface area contributed by atoms with Crippen molar-refractivity contribution in [1.82, 2.24) is 10.2 Å². The van der Waals surface area contributed by atoms with E-state index in [4.69, 9.17) is 9.15 Å². The maximum absolute atomic E-state index is 13.6. The Morgan fingerprint density at radius 2 is 2.00 bits per heavy atom. The number of halogens is 2. The van der Waals surface area contributed by atoms with E-state index in [2.05, 4.69) is 10.2 Å². The van der Waals surface area contributed by atoms with Crippen molar-refractivity contribution in [1.29, 1.82) is 0 Å². The molecule has 0 fully saturated rings. The highest BCUT2D eigenvalue weighted by molar-refractivity contribution is 7.99. The molecule has 0 saturated heterocycles. The van der Waals surface area contributed by atoms with E-state index in [0.717, 1.165) is 29.5 Å². The van der Waals surface area contributed by atoms with Gasteiger partial charge in [0.1, 0.15) is 17.4 Å². The Hall–Kier alpha value is -2.74. The van der Waals surface area contributed by atoms with Gasteiger partial charge in [-0.2, -0.15) is 0 Å². The van der Waals surface area contributed by atoms with Crippen LogP contribution in [0.2, 0.25) is 0 Å². The summed E-state index contributed by atoms with van der Waals surface area (Å²) < 4.78 is 37.5. The van der Waals surface area contributed by atoms with E-state index in [9.17, 15) is 13.6 Å². The lowest BCUT2D eigenvalue weighted by Gasteiger charge is -2.05. The van der Waals surface area contributed by atoms with Crippen LogP contribution in [0, 0.1) is 18.6 Å². The number of benzene rings is 2. The Kier molecular flexibility index (Phi) is 5.62. The number of nitrogens with zero attached hydrogens (tertiary/aromatic N) is 2. The highest BCUT2D eigenvalue weighted by Crippen LogP contribution is 2.21. The number of hydrogen-bond acceptors (Lipinski definition) is 6. The molecule has 26 heavy (non-hydrogen) atoms. The molecule has 0 N–H and O–H groups in total. The summed E-state index contributed by atoms with van der Waals surface area (Å²) in [6.45, 7) is 2.02. The predicted molar refractivity (Wildman–Crippen MR) is 91.2 cm³/mol.